The molecule has 7 nitrogen and oxygen atoms in total. The van der Waals surface area contributed by atoms with Crippen molar-refractivity contribution in [3.05, 3.63) is 29.3 Å². The predicted octanol–water partition coefficient (Wildman–Crippen LogP) is 0.506. The summed E-state index contributed by atoms with van der Waals surface area (Å²) in [6.45, 7) is 0. The van der Waals surface area contributed by atoms with Gasteiger partial charge in [0.15, 0.2) is 0 Å². The van der Waals surface area contributed by atoms with E-state index in [0.717, 1.165) is 6.26 Å². The number of hydrogen-bond acceptors (Lipinski definition) is 5. The quantitative estimate of drug-likeness (QED) is 0.735. The Morgan fingerprint density at radius 3 is 2.19 bits per heavy atom. The average molecular weight is 356 g/mol. The van der Waals surface area contributed by atoms with Crippen molar-refractivity contribution in [3.63, 3.8) is 0 Å². The maximum absolute atomic E-state index is 12.0. The molecule has 0 aliphatic heterocycles. The molecule has 10 heteroatoms. The first kappa shape index (κ1) is 17.9. The number of carboxylic acid groups (broad SMARTS) is 1. The fourth-order valence-electron chi connectivity index (χ4n) is 1.43. The molecule has 0 spiro atoms. The third kappa shape index (κ3) is 6.00. The summed E-state index contributed by atoms with van der Waals surface area (Å²) >= 11 is 5.64. The summed E-state index contributed by atoms with van der Waals surface area (Å²) < 4.78 is 48.1. The standard InChI is InChI=1S/C11H14ClNO6S2/c1-20(16,17)7-6-10(11(14)15)13-21(18,19)9-4-2-8(12)3-5-9/h2-5,10,13H,6-7H2,1H3,(H,14,15)/t10-/m0/s1. The molecule has 1 atom stereocenters. The summed E-state index contributed by atoms with van der Waals surface area (Å²) in [5.41, 5.74) is 0. The summed E-state index contributed by atoms with van der Waals surface area (Å²) in [6, 6.07) is 3.62. The molecule has 118 valence electrons. The van der Waals surface area contributed by atoms with Gasteiger partial charge in [0.2, 0.25) is 10.0 Å². The highest BCUT2D eigenvalue weighted by atomic mass is 35.5. The first-order valence-electron chi connectivity index (χ1n) is 5.70. The Kier molecular flexibility index (Phi) is 5.74. The SMILES string of the molecule is CS(=O)(=O)CC[C@H](NS(=O)(=O)c1ccc(Cl)cc1)C(=O)O. The number of sulfonamides is 1. The molecule has 0 fully saturated rings. The Bertz CT molecular complexity index is 712. The average Bonchev–Trinajstić information content (AvgIpc) is 2.33. The molecular formula is C11H14ClNO6S2. The zero-order valence-electron chi connectivity index (χ0n) is 11.0. The molecule has 0 unspecified atom stereocenters. The van der Waals surface area contributed by atoms with E-state index in [-0.39, 0.29) is 11.3 Å². The zero-order chi connectivity index (χ0) is 16.3. The molecule has 1 aromatic carbocycles. The van der Waals surface area contributed by atoms with E-state index in [1.807, 2.05) is 4.72 Å². The van der Waals surface area contributed by atoms with Gasteiger partial charge in [-0.15, -0.1) is 0 Å². The first-order valence-corrected chi connectivity index (χ1v) is 9.62. The van der Waals surface area contributed by atoms with Crippen LogP contribution < -0.4 is 4.72 Å². The second-order valence-corrected chi connectivity index (χ2v) is 8.79. The molecule has 0 saturated carbocycles. The predicted molar refractivity (Wildman–Crippen MR) is 77.5 cm³/mol. The third-order valence-electron chi connectivity index (χ3n) is 2.50. The van der Waals surface area contributed by atoms with Crippen molar-refractivity contribution >= 4 is 37.4 Å². The number of rotatable bonds is 7. The number of sulfone groups is 1. The molecule has 0 saturated heterocycles. The molecule has 0 amide bonds. The minimum absolute atomic E-state index is 0.155. The molecule has 0 heterocycles. The van der Waals surface area contributed by atoms with Crippen LogP contribution in [-0.4, -0.2) is 46.0 Å². The van der Waals surface area contributed by atoms with E-state index in [1.54, 1.807) is 0 Å². The minimum atomic E-state index is -4.07. The van der Waals surface area contributed by atoms with Gasteiger partial charge in [-0.05, 0) is 30.7 Å². The van der Waals surface area contributed by atoms with Crippen molar-refractivity contribution < 1.29 is 26.7 Å². The van der Waals surface area contributed by atoms with Crippen molar-refractivity contribution in [3.8, 4) is 0 Å². The van der Waals surface area contributed by atoms with Gasteiger partial charge in [-0.3, -0.25) is 4.79 Å². The van der Waals surface area contributed by atoms with Crippen LogP contribution in [-0.2, 0) is 24.7 Å². The van der Waals surface area contributed by atoms with Gasteiger partial charge in [-0.2, -0.15) is 4.72 Å². The van der Waals surface area contributed by atoms with E-state index >= 15 is 0 Å². The van der Waals surface area contributed by atoms with Crippen molar-refractivity contribution in [1.82, 2.24) is 4.72 Å². The van der Waals surface area contributed by atoms with Crippen LogP contribution in [0.5, 0.6) is 0 Å². The maximum atomic E-state index is 12.0. The molecule has 0 aliphatic carbocycles. The van der Waals surface area contributed by atoms with Crippen LogP contribution in [0.3, 0.4) is 0 Å². The number of carbonyl (C=O) groups is 1. The molecule has 21 heavy (non-hydrogen) atoms. The Labute approximate surface area is 127 Å². The van der Waals surface area contributed by atoms with Gasteiger partial charge in [0.05, 0.1) is 10.6 Å². The van der Waals surface area contributed by atoms with Gasteiger partial charge in [-0.1, -0.05) is 11.6 Å². The second-order valence-electron chi connectivity index (χ2n) is 4.38. The smallest absolute Gasteiger partial charge is 0.321 e. The number of aliphatic carboxylic acids is 1. The first-order chi connectivity index (χ1) is 9.51. The maximum Gasteiger partial charge on any atom is 0.321 e. The van der Waals surface area contributed by atoms with Gasteiger partial charge in [0.1, 0.15) is 15.9 Å². The van der Waals surface area contributed by atoms with E-state index in [9.17, 15) is 21.6 Å². The van der Waals surface area contributed by atoms with E-state index in [4.69, 9.17) is 16.7 Å². The van der Waals surface area contributed by atoms with Crippen molar-refractivity contribution in [1.29, 1.82) is 0 Å². The molecule has 1 aromatic rings. The number of halogens is 1. The van der Waals surface area contributed by atoms with Gasteiger partial charge in [0.25, 0.3) is 0 Å². The lowest BCUT2D eigenvalue weighted by Crippen LogP contribution is -2.41. The lowest BCUT2D eigenvalue weighted by molar-refractivity contribution is -0.139. The Morgan fingerprint density at radius 1 is 1.24 bits per heavy atom. The minimum Gasteiger partial charge on any atom is -0.480 e. The molecule has 0 aliphatic rings. The largest absolute Gasteiger partial charge is 0.480 e. The van der Waals surface area contributed by atoms with E-state index < -0.39 is 37.6 Å². The van der Waals surface area contributed by atoms with E-state index in [1.165, 1.54) is 24.3 Å². The van der Waals surface area contributed by atoms with Crippen LogP contribution in [0.25, 0.3) is 0 Å². The number of benzene rings is 1. The summed E-state index contributed by atoms with van der Waals surface area (Å²) in [6.07, 6.45) is 0.584. The van der Waals surface area contributed by atoms with Gasteiger partial charge in [0, 0.05) is 11.3 Å². The second kappa shape index (κ2) is 6.73. The van der Waals surface area contributed by atoms with Gasteiger partial charge >= 0.3 is 5.97 Å². The normalized spacial score (nSPS) is 13.8. The topological polar surface area (TPSA) is 118 Å². The van der Waals surface area contributed by atoms with Crippen LogP contribution in [0.15, 0.2) is 29.2 Å². The fraction of sp³-hybridized carbons (Fsp3) is 0.364. The van der Waals surface area contributed by atoms with Crippen LogP contribution in [0.4, 0.5) is 0 Å². The molecule has 1 rings (SSSR count). The van der Waals surface area contributed by atoms with Crippen LogP contribution in [0, 0.1) is 0 Å². The van der Waals surface area contributed by atoms with E-state index in [0.29, 0.717) is 5.02 Å². The highest BCUT2D eigenvalue weighted by molar-refractivity contribution is 7.90. The molecule has 0 bridgehead atoms. The summed E-state index contributed by atoms with van der Waals surface area (Å²) in [7, 11) is -7.47. The number of carboxylic acids is 1. The van der Waals surface area contributed by atoms with Crippen LogP contribution in [0.2, 0.25) is 5.02 Å². The highest BCUT2D eigenvalue weighted by Gasteiger charge is 2.26. The number of nitrogens with one attached hydrogen (secondary N) is 1. The lowest BCUT2D eigenvalue weighted by Gasteiger charge is -2.14. The van der Waals surface area contributed by atoms with Gasteiger partial charge < -0.3 is 5.11 Å². The highest BCUT2D eigenvalue weighted by Crippen LogP contribution is 2.14. The Hall–Kier alpha value is -1.16. The molecule has 2 N–H and O–H groups in total. The van der Waals surface area contributed by atoms with Gasteiger partial charge in [-0.25, -0.2) is 16.8 Å². The summed E-state index contributed by atoms with van der Waals surface area (Å²) in [4.78, 5) is 10.9. The van der Waals surface area contributed by atoms with Crippen molar-refractivity contribution in [2.75, 3.05) is 12.0 Å². The van der Waals surface area contributed by atoms with Crippen molar-refractivity contribution in [2.24, 2.45) is 0 Å². The molecule has 0 radical (unpaired) electrons. The Morgan fingerprint density at radius 2 is 1.76 bits per heavy atom. The summed E-state index contributed by atoms with van der Waals surface area (Å²) in [5.74, 6) is -1.89. The van der Waals surface area contributed by atoms with E-state index in [2.05, 4.69) is 0 Å². The van der Waals surface area contributed by atoms with Crippen LogP contribution >= 0.6 is 11.6 Å². The molecule has 0 aromatic heterocycles. The number of hydrogen-bond donors (Lipinski definition) is 2. The van der Waals surface area contributed by atoms with Crippen LogP contribution in [0.1, 0.15) is 6.42 Å². The monoisotopic (exact) mass is 355 g/mol. The fourth-order valence-corrected chi connectivity index (χ4v) is 3.45. The molecular weight excluding hydrogens is 342 g/mol. The third-order valence-corrected chi connectivity index (χ3v) is 5.21. The van der Waals surface area contributed by atoms with Crippen molar-refractivity contribution in [2.45, 2.75) is 17.4 Å². The zero-order valence-corrected chi connectivity index (χ0v) is 13.4. The lowest BCUT2D eigenvalue weighted by atomic mass is 10.2. The summed E-state index contributed by atoms with van der Waals surface area (Å²) in [5, 5.41) is 9.32. The Balaban J connectivity index is 2.92.